The number of halogens is 4. The van der Waals surface area contributed by atoms with Gasteiger partial charge in [0.15, 0.2) is 0 Å². The maximum atomic E-state index is 13.5. The number of sulfonamides is 1. The highest BCUT2D eigenvalue weighted by Crippen LogP contribution is 2.38. The number of carbonyl (C=O) groups excluding carboxylic acids is 2. The van der Waals surface area contributed by atoms with Gasteiger partial charge in [-0.25, -0.2) is 8.42 Å². The third-order valence-electron chi connectivity index (χ3n) is 5.42. The molecule has 2 amide bonds. The number of nitrogens with zero attached hydrogens (tertiary/aromatic N) is 1. The molecule has 0 atom stereocenters. The number of rotatable bonds is 9. The monoisotopic (exact) mass is 567 g/mol. The van der Waals surface area contributed by atoms with E-state index in [4.69, 9.17) is 11.6 Å². The van der Waals surface area contributed by atoms with Gasteiger partial charge in [-0.2, -0.15) is 13.2 Å². The van der Waals surface area contributed by atoms with Crippen LogP contribution >= 0.6 is 11.6 Å². The van der Waals surface area contributed by atoms with E-state index >= 15 is 0 Å². The van der Waals surface area contributed by atoms with E-state index in [1.807, 2.05) is 6.92 Å². The van der Waals surface area contributed by atoms with Crippen molar-refractivity contribution >= 4 is 44.8 Å². The zero-order valence-electron chi connectivity index (χ0n) is 20.5. The minimum atomic E-state index is -4.86. The summed E-state index contributed by atoms with van der Waals surface area (Å²) in [7, 11) is -4.49. The Bertz CT molecular complexity index is 1430. The summed E-state index contributed by atoms with van der Waals surface area (Å²) in [5.74, 6) is -1.32. The van der Waals surface area contributed by atoms with Crippen molar-refractivity contribution in [3.05, 3.63) is 88.4 Å². The van der Waals surface area contributed by atoms with Gasteiger partial charge in [-0.3, -0.25) is 13.9 Å². The first-order valence-corrected chi connectivity index (χ1v) is 13.3. The van der Waals surface area contributed by atoms with Crippen molar-refractivity contribution in [1.82, 2.24) is 5.32 Å². The number of amides is 2. The molecule has 0 aliphatic carbocycles. The Labute approximate surface area is 223 Å². The van der Waals surface area contributed by atoms with E-state index in [2.05, 4.69) is 10.6 Å². The summed E-state index contributed by atoms with van der Waals surface area (Å²) in [5, 5.41) is 4.57. The van der Waals surface area contributed by atoms with Crippen LogP contribution in [0, 0.1) is 6.92 Å². The maximum Gasteiger partial charge on any atom is 0.417 e. The summed E-state index contributed by atoms with van der Waals surface area (Å²) in [6.07, 6.45) is -4.17. The molecular weight excluding hydrogens is 543 g/mol. The lowest BCUT2D eigenvalue weighted by molar-refractivity contribution is -0.137. The van der Waals surface area contributed by atoms with E-state index in [1.54, 1.807) is 19.1 Å². The Morgan fingerprint density at radius 2 is 1.66 bits per heavy atom. The summed E-state index contributed by atoms with van der Waals surface area (Å²) in [6, 6.07) is 14.3. The zero-order chi connectivity index (χ0) is 28.1. The quantitative estimate of drug-likeness (QED) is 0.350. The van der Waals surface area contributed by atoms with Crippen LogP contribution in [0.25, 0.3) is 0 Å². The van der Waals surface area contributed by atoms with Crippen molar-refractivity contribution in [2.45, 2.75) is 31.3 Å². The number of carbonyl (C=O) groups is 2. The first-order valence-electron chi connectivity index (χ1n) is 11.5. The summed E-state index contributed by atoms with van der Waals surface area (Å²) < 4.78 is 68.3. The third kappa shape index (κ3) is 6.84. The molecule has 0 bridgehead atoms. The molecule has 3 aromatic carbocycles. The average molecular weight is 568 g/mol. The fraction of sp³-hybridized carbons (Fsp3) is 0.231. The van der Waals surface area contributed by atoms with Crippen LogP contribution in [0.2, 0.25) is 5.02 Å². The molecule has 3 rings (SSSR count). The molecule has 0 aromatic heterocycles. The predicted octanol–water partition coefficient (Wildman–Crippen LogP) is 5.64. The van der Waals surface area contributed by atoms with E-state index in [9.17, 15) is 31.2 Å². The second-order valence-electron chi connectivity index (χ2n) is 8.34. The van der Waals surface area contributed by atoms with Gasteiger partial charge < -0.3 is 10.6 Å². The van der Waals surface area contributed by atoms with Gasteiger partial charge in [0, 0.05) is 6.54 Å². The normalized spacial score (nSPS) is 11.6. The molecule has 3 aromatic rings. The SMILES string of the molecule is CCCNC(=O)c1ccccc1NC(=O)CN(c1ccc(Cl)c(C(F)(F)F)c1)S(=O)(=O)c1ccc(C)cc1. The Hall–Kier alpha value is -3.57. The highest BCUT2D eigenvalue weighted by atomic mass is 35.5. The second-order valence-corrected chi connectivity index (χ2v) is 10.6. The highest BCUT2D eigenvalue weighted by Gasteiger charge is 2.35. The fourth-order valence-corrected chi connectivity index (χ4v) is 5.12. The lowest BCUT2D eigenvalue weighted by Crippen LogP contribution is -2.38. The number of anilines is 2. The molecule has 0 fully saturated rings. The van der Waals surface area contributed by atoms with E-state index in [0.29, 0.717) is 23.3 Å². The van der Waals surface area contributed by atoms with Gasteiger partial charge in [-0.15, -0.1) is 0 Å². The molecule has 202 valence electrons. The summed E-state index contributed by atoms with van der Waals surface area (Å²) in [4.78, 5) is 25.3. The van der Waals surface area contributed by atoms with E-state index in [-0.39, 0.29) is 16.1 Å². The average Bonchev–Trinajstić information content (AvgIpc) is 2.86. The molecular formula is C26H25ClF3N3O4S. The molecule has 7 nitrogen and oxygen atoms in total. The first-order chi connectivity index (χ1) is 17.8. The van der Waals surface area contributed by atoms with Crippen LogP contribution in [0.4, 0.5) is 24.5 Å². The van der Waals surface area contributed by atoms with E-state index in [0.717, 1.165) is 17.7 Å². The number of nitrogens with one attached hydrogen (secondary N) is 2. The topological polar surface area (TPSA) is 95.6 Å². The van der Waals surface area contributed by atoms with Crippen LogP contribution in [0.3, 0.4) is 0 Å². The first kappa shape index (κ1) is 29.0. The highest BCUT2D eigenvalue weighted by molar-refractivity contribution is 7.92. The summed E-state index contributed by atoms with van der Waals surface area (Å²) in [6.45, 7) is 3.14. The number of hydrogen-bond donors (Lipinski definition) is 2. The van der Waals surface area contributed by atoms with Crippen molar-refractivity contribution in [3.63, 3.8) is 0 Å². The largest absolute Gasteiger partial charge is 0.417 e. The molecule has 0 heterocycles. The van der Waals surface area contributed by atoms with Crippen LogP contribution in [0.1, 0.15) is 34.8 Å². The predicted molar refractivity (Wildman–Crippen MR) is 140 cm³/mol. The van der Waals surface area contributed by atoms with Crippen molar-refractivity contribution in [2.75, 3.05) is 22.7 Å². The van der Waals surface area contributed by atoms with Gasteiger partial charge in [0.1, 0.15) is 6.54 Å². The Morgan fingerprint density at radius 3 is 2.29 bits per heavy atom. The van der Waals surface area contributed by atoms with Gasteiger partial charge in [-0.1, -0.05) is 48.4 Å². The Kier molecular flexibility index (Phi) is 9.05. The molecule has 38 heavy (non-hydrogen) atoms. The smallest absolute Gasteiger partial charge is 0.352 e. The minimum absolute atomic E-state index is 0.117. The van der Waals surface area contributed by atoms with Gasteiger partial charge in [0.05, 0.1) is 32.4 Å². The van der Waals surface area contributed by atoms with Crippen molar-refractivity contribution in [3.8, 4) is 0 Å². The van der Waals surface area contributed by atoms with Crippen molar-refractivity contribution < 1.29 is 31.2 Å². The standard InChI is InChI=1S/C26H25ClF3N3O4S/c1-3-14-31-25(35)20-6-4-5-7-23(20)32-24(34)16-33(38(36,37)19-11-8-17(2)9-12-19)18-10-13-22(27)21(15-18)26(28,29)30/h4-13,15H,3,14,16H2,1-2H3,(H,31,35)(H,32,34). The Morgan fingerprint density at radius 1 is 1.00 bits per heavy atom. The van der Waals surface area contributed by atoms with E-state index < -0.39 is 50.8 Å². The molecule has 0 saturated carbocycles. The van der Waals surface area contributed by atoms with Crippen LogP contribution in [-0.4, -0.2) is 33.3 Å². The van der Waals surface area contributed by atoms with Crippen LogP contribution in [0.5, 0.6) is 0 Å². The second kappa shape index (κ2) is 11.9. The van der Waals surface area contributed by atoms with Gasteiger partial charge in [0.2, 0.25) is 5.91 Å². The van der Waals surface area contributed by atoms with E-state index in [1.165, 1.54) is 36.4 Å². The maximum absolute atomic E-state index is 13.5. The number of aryl methyl sites for hydroxylation is 1. The molecule has 0 aliphatic rings. The number of para-hydroxylation sites is 1. The molecule has 0 saturated heterocycles. The number of alkyl halides is 3. The molecule has 0 spiro atoms. The summed E-state index contributed by atoms with van der Waals surface area (Å²) in [5.41, 5.74) is -0.637. The van der Waals surface area contributed by atoms with Crippen molar-refractivity contribution in [1.29, 1.82) is 0 Å². The molecule has 0 radical (unpaired) electrons. The number of hydrogen-bond acceptors (Lipinski definition) is 4. The molecule has 0 aliphatic heterocycles. The van der Waals surface area contributed by atoms with Crippen LogP contribution < -0.4 is 14.9 Å². The minimum Gasteiger partial charge on any atom is -0.352 e. The Balaban J connectivity index is 2.02. The zero-order valence-corrected chi connectivity index (χ0v) is 22.0. The molecule has 2 N–H and O–H groups in total. The molecule has 12 heteroatoms. The van der Waals surface area contributed by atoms with Gasteiger partial charge >= 0.3 is 6.18 Å². The van der Waals surface area contributed by atoms with Crippen LogP contribution in [-0.2, 0) is 21.0 Å². The lowest BCUT2D eigenvalue weighted by Gasteiger charge is -2.25. The van der Waals surface area contributed by atoms with Gasteiger partial charge in [-0.05, 0) is 55.8 Å². The third-order valence-corrected chi connectivity index (χ3v) is 7.54. The lowest BCUT2D eigenvalue weighted by atomic mass is 10.1. The summed E-state index contributed by atoms with van der Waals surface area (Å²) >= 11 is 5.73. The van der Waals surface area contributed by atoms with Gasteiger partial charge in [0.25, 0.3) is 15.9 Å². The fourth-order valence-electron chi connectivity index (χ4n) is 3.48. The van der Waals surface area contributed by atoms with Crippen LogP contribution in [0.15, 0.2) is 71.6 Å². The number of benzene rings is 3. The van der Waals surface area contributed by atoms with Crippen molar-refractivity contribution in [2.24, 2.45) is 0 Å². The molecule has 0 unspecified atom stereocenters.